The molecule has 0 aliphatic carbocycles. The first-order valence-electron chi connectivity index (χ1n) is 9.03. The number of hydrogen-bond acceptors (Lipinski definition) is 2. The van der Waals surface area contributed by atoms with Crippen LogP contribution in [0.1, 0.15) is 56.3 Å². The van der Waals surface area contributed by atoms with Crippen molar-refractivity contribution in [2.45, 2.75) is 57.8 Å². The normalized spacial score (nSPS) is 21.6. The highest BCUT2D eigenvalue weighted by molar-refractivity contribution is 5.28. The van der Waals surface area contributed by atoms with Gasteiger partial charge in [0, 0.05) is 0 Å². The van der Waals surface area contributed by atoms with Crippen LogP contribution in [0.4, 0.5) is 0 Å². The summed E-state index contributed by atoms with van der Waals surface area (Å²) in [5, 5.41) is 3.63. The molecule has 0 unspecified atom stereocenters. The van der Waals surface area contributed by atoms with Crippen LogP contribution in [-0.2, 0) is 16.8 Å². The van der Waals surface area contributed by atoms with Gasteiger partial charge in [0.1, 0.15) is 0 Å². The molecular weight excluding hydrogens is 294 g/mol. The maximum Gasteiger partial charge on any atom is 0.0774 e. The molecule has 2 atom stereocenters. The zero-order valence-electron chi connectivity index (χ0n) is 15.1. The van der Waals surface area contributed by atoms with Crippen molar-refractivity contribution in [1.82, 2.24) is 5.32 Å². The lowest BCUT2D eigenvalue weighted by Crippen LogP contribution is -2.39. The lowest BCUT2D eigenvalue weighted by atomic mass is 9.86. The Hall–Kier alpha value is -1.64. The van der Waals surface area contributed by atoms with E-state index in [2.05, 4.69) is 80.7 Å². The van der Waals surface area contributed by atoms with E-state index < -0.39 is 0 Å². The predicted molar refractivity (Wildman–Crippen MR) is 100 cm³/mol. The zero-order chi connectivity index (χ0) is 17.0. The van der Waals surface area contributed by atoms with E-state index in [9.17, 15) is 0 Å². The number of benzene rings is 2. The quantitative estimate of drug-likeness (QED) is 0.855. The summed E-state index contributed by atoms with van der Waals surface area (Å²) in [6.07, 6.45) is 2.53. The van der Waals surface area contributed by atoms with Crippen molar-refractivity contribution in [3.05, 3.63) is 71.3 Å². The smallest absolute Gasteiger partial charge is 0.0774 e. The van der Waals surface area contributed by atoms with E-state index in [0.717, 1.165) is 13.0 Å². The fourth-order valence-corrected chi connectivity index (χ4v) is 3.36. The monoisotopic (exact) mass is 323 g/mol. The summed E-state index contributed by atoms with van der Waals surface area (Å²) in [4.78, 5) is 0. The number of hydrogen-bond donors (Lipinski definition) is 1. The highest BCUT2D eigenvalue weighted by Crippen LogP contribution is 2.28. The Morgan fingerprint density at radius 2 is 1.83 bits per heavy atom. The van der Waals surface area contributed by atoms with Crippen molar-refractivity contribution in [1.29, 1.82) is 0 Å². The molecule has 2 heteroatoms. The standard InChI is InChI=1S/C22H29NO/c1-22(2,3)19-12-7-9-17(15-19)16-24-20-13-8-14-23-21(20)18-10-5-4-6-11-18/h4-7,9-12,15,20-21,23H,8,13-14,16H2,1-3H3/t20-,21-/m0/s1. The van der Waals surface area contributed by atoms with Gasteiger partial charge in [0.2, 0.25) is 0 Å². The van der Waals surface area contributed by atoms with Crippen LogP contribution in [0.25, 0.3) is 0 Å². The highest BCUT2D eigenvalue weighted by atomic mass is 16.5. The van der Waals surface area contributed by atoms with Crippen LogP contribution >= 0.6 is 0 Å². The second-order valence-electron chi connectivity index (χ2n) is 7.78. The molecule has 1 fully saturated rings. The fraction of sp³-hybridized carbons (Fsp3) is 0.455. The minimum Gasteiger partial charge on any atom is -0.372 e. The van der Waals surface area contributed by atoms with Crippen molar-refractivity contribution in [3.8, 4) is 0 Å². The summed E-state index contributed by atoms with van der Waals surface area (Å²) in [7, 11) is 0. The molecule has 0 saturated carbocycles. The first kappa shape index (κ1) is 17.2. The van der Waals surface area contributed by atoms with Gasteiger partial charge in [-0.2, -0.15) is 0 Å². The largest absolute Gasteiger partial charge is 0.372 e. The lowest BCUT2D eigenvalue weighted by Gasteiger charge is -2.33. The van der Waals surface area contributed by atoms with Crippen LogP contribution in [0.2, 0.25) is 0 Å². The van der Waals surface area contributed by atoms with Crippen molar-refractivity contribution >= 4 is 0 Å². The van der Waals surface area contributed by atoms with Crippen LogP contribution in [-0.4, -0.2) is 12.6 Å². The van der Waals surface area contributed by atoms with Crippen LogP contribution in [0, 0.1) is 0 Å². The maximum atomic E-state index is 6.34. The molecule has 1 aliphatic rings. The summed E-state index contributed by atoms with van der Waals surface area (Å²) >= 11 is 0. The van der Waals surface area contributed by atoms with Crippen molar-refractivity contribution in [2.75, 3.05) is 6.54 Å². The Morgan fingerprint density at radius 3 is 2.58 bits per heavy atom. The Kier molecular flexibility index (Phi) is 5.37. The summed E-state index contributed by atoms with van der Waals surface area (Å²) in [5.74, 6) is 0. The Balaban J connectivity index is 1.68. The molecule has 1 heterocycles. The van der Waals surface area contributed by atoms with Gasteiger partial charge >= 0.3 is 0 Å². The van der Waals surface area contributed by atoms with E-state index >= 15 is 0 Å². The summed E-state index contributed by atoms with van der Waals surface area (Å²) in [5.41, 5.74) is 4.13. The molecule has 1 saturated heterocycles. The third-order valence-corrected chi connectivity index (χ3v) is 4.82. The summed E-state index contributed by atoms with van der Waals surface area (Å²) in [6, 6.07) is 19.8. The highest BCUT2D eigenvalue weighted by Gasteiger charge is 2.26. The number of ether oxygens (including phenoxy) is 1. The van der Waals surface area contributed by atoms with E-state index in [-0.39, 0.29) is 11.5 Å². The van der Waals surface area contributed by atoms with Gasteiger partial charge in [0.15, 0.2) is 0 Å². The summed E-state index contributed by atoms with van der Waals surface area (Å²) < 4.78 is 6.34. The van der Waals surface area contributed by atoms with E-state index in [4.69, 9.17) is 4.74 Å². The Labute approximate surface area is 146 Å². The Morgan fingerprint density at radius 1 is 1.04 bits per heavy atom. The van der Waals surface area contributed by atoms with Gasteiger partial charge in [-0.1, -0.05) is 75.4 Å². The van der Waals surface area contributed by atoms with Gasteiger partial charge in [-0.05, 0) is 41.5 Å². The third-order valence-electron chi connectivity index (χ3n) is 4.82. The van der Waals surface area contributed by atoms with Gasteiger partial charge in [0.25, 0.3) is 0 Å². The molecule has 0 amide bonds. The maximum absolute atomic E-state index is 6.34. The van der Waals surface area contributed by atoms with E-state index in [0.29, 0.717) is 12.6 Å². The van der Waals surface area contributed by atoms with Gasteiger partial charge in [0.05, 0.1) is 18.8 Å². The fourth-order valence-electron chi connectivity index (χ4n) is 3.36. The topological polar surface area (TPSA) is 21.3 Å². The van der Waals surface area contributed by atoms with Gasteiger partial charge in [-0.15, -0.1) is 0 Å². The van der Waals surface area contributed by atoms with Crippen LogP contribution < -0.4 is 5.32 Å². The van der Waals surface area contributed by atoms with E-state index in [1.165, 1.54) is 23.1 Å². The molecular formula is C22H29NO. The molecule has 2 aromatic rings. The molecule has 128 valence electrons. The number of nitrogens with one attached hydrogen (secondary N) is 1. The van der Waals surface area contributed by atoms with Crippen LogP contribution in [0.5, 0.6) is 0 Å². The first-order chi connectivity index (χ1) is 11.5. The molecule has 1 aliphatic heterocycles. The molecule has 0 spiro atoms. The van der Waals surface area contributed by atoms with Crippen LogP contribution in [0.3, 0.4) is 0 Å². The second kappa shape index (κ2) is 7.50. The zero-order valence-corrected chi connectivity index (χ0v) is 15.1. The minimum absolute atomic E-state index is 0.176. The molecule has 0 radical (unpaired) electrons. The van der Waals surface area contributed by atoms with Gasteiger partial charge in [-0.25, -0.2) is 0 Å². The minimum atomic E-state index is 0.176. The predicted octanol–water partition coefficient (Wildman–Crippen LogP) is 4.99. The third kappa shape index (κ3) is 4.25. The number of piperidine rings is 1. The van der Waals surface area contributed by atoms with Gasteiger partial charge < -0.3 is 10.1 Å². The molecule has 3 rings (SSSR count). The number of rotatable bonds is 4. The molecule has 2 aromatic carbocycles. The molecule has 24 heavy (non-hydrogen) atoms. The van der Waals surface area contributed by atoms with E-state index in [1.807, 2.05) is 0 Å². The molecule has 2 nitrogen and oxygen atoms in total. The first-order valence-corrected chi connectivity index (χ1v) is 9.03. The van der Waals surface area contributed by atoms with Gasteiger partial charge in [-0.3, -0.25) is 0 Å². The van der Waals surface area contributed by atoms with Crippen molar-refractivity contribution < 1.29 is 4.74 Å². The average molecular weight is 323 g/mol. The SMILES string of the molecule is CC(C)(C)c1cccc(CO[C@H]2CCCN[C@H]2c2ccccc2)c1. The van der Waals surface area contributed by atoms with Crippen molar-refractivity contribution in [3.63, 3.8) is 0 Å². The van der Waals surface area contributed by atoms with E-state index in [1.54, 1.807) is 0 Å². The molecule has 1 N–H and O–H groups in total. The second-order valence-corrected chi connectivity index (χ2v) is 7.78. The summed E-state index contributed by atoms with van der Waals surface area (Å²) in [6.45, 7) is 8.51. The van der Waals surface area contributed by atoms with Crippen LogP contribution in [0.15, 0.2) is 54.6 Å². The lowest BCUT2D eigenvalue weighted by molar-refractivity contribution is -0.00360. The Bertz CT molecular complexity index is 645. The molecule has 0 aromatic heterocycles. The van der Waals surface area contributed by atoms with Crippen molar-refractivity contribution in [2.24, 2.45) is 0 Å². The molecule has 0 bridgehead atoms. The average Bonchev–Trinajstić information content (AvgIpc) is 2.60.